The van der Waals surface area contributed by atoms with Gasteiger partial charge < -0.3 is 10.1 Å². The minimum atomic E-state index is -0.229. The average molecular weight is 183 g/mol. The number of rotatable bonds is 3. The Labute approximate surface area is 79.2 Å². The molecule has 3 nitrogen and oxygen atoms in total. The van der Waals surface area contributed by atoms with E-state index in [0.29, 0.717) is 12.5 Å². The maximum Gasteiger partial charge on any atom is 0.330 e. The molecule has 0 radical (unpaired) electrons. The van der Waals surface area contributed by atoms with Crippen molar-refractivity contribution in [2.24, 2.45) is 5.92 Å². The molecule has 1 saturated heterocycles. The van der Waals surface area contributed by atoms with Gasteiger partial charge in [0.05, 0.1) is 6.61 Å². The van der Waals surface area contributed by atoms with Crippen molar-refractivity contribution in [3.05, 3.63) is 12.2 Å². The van der Waals surface area contributed by atoms with E-state index in [2.05, 4.69) is 5.32 Å². The number of carbonyl (C=O) groups excluding carboxylic acids is 1. The van der Waals surface area contributed by atoms with Crippen LogP contribution in [-0.2, 0) is 9.53 Å². The Kier molecular flexibility index (Phi) is 4.54. The average Bonchev–Trinajstić information content (AvgIpc) is 2.17. The molecule has 1 aliphatic heterocycles. The molecule has 0 aromatic rings. The fraction of sp³-hybridized carbons (Fsp3) is 0.700. The van der Waals surface area contributed by atoms with Gasteiger partial charge >= 0.3 is 5.97 Å². The van der Waals surface area contributed by atoms with Gasteiger partial charge in [0.25, 0.3) is 0 Å². The highest BCUT2D eigenvalue weighted by Gasteiger charge is 2.09. The zero-order valence-electron chi connectivity index (χ0n) is 8.08. The molecule has 3 heteroatoms. The minimum absolute atomic E-state index is 0.229. The highest BCUT2D eigenvalue weighted by atomic mass is 16.5. The van der Waals surface area contributed by atoms with E-state index in [0.717, 1.165) is 13.1 Å². The molecule has 0 amide bonds. The first-order valence-electron chi connectivity index (χ1n) is 4.88. The number of ether oxygens (including phenoxy) is 1. The van der Waals surface area contributed by atoms with Crippen molar-refractivity contribution in [2.45, 2.75) is 19.8 Å². The summed E-state index contributed by atoms with van der Waals surface area (Å²) >= 11 is 0. The van der Waals surface area contributed by atoms with Gasteiger partial charge in [-0.3, -0.25) is 0 Å². The number of nitrogens with one attached hydrogen (secondary N) is 1. The Balaban J connectivity index is 2.24. The van der Waals surface area contributed by atoms with Crippen LogP contribution in [0.3, 0.4) is 0 Å². The first-order chi connectivity index (χ1) is 6.33. The molecule has 1 fully saturated rings. The van der Waals surface area contributed by atoms with Crippen LogP contribution in [0.15, 0.2) is 12.2 Å². The number of hydrogen-bond acceptors (Lipinski definition) is 3. The topological polar surface area (TPSA) is 38.3 Å². The molecular formula is C10H17NO2. The highest BCUT2D eigenvalue weighted by molar-refractivity contribution is 5.81. The van der Waals surface area contributed by atoms with E-state index in [-0.39, 0.29) is 5.97 Å². The Morgan fingerprint density at radius 3 is 3.15 bits per heavy atom. The normalized spacial score (nSPS) is 23.3. The van der Waals surface area contributed by atoms with Crippen LogP contribution < -0.4 is 5.32 Å². The standard InChI is InChI=1S/C10H17NO2/c1-2-13-10(12)6-5-9-4-3-7-11-8-9/h5-6,9,11H,2-4,7-8H2,1H3/b6-5+/t9-/m0/s1. The van der Waals surface area contributed by atoms with Gasteiger partial charge in [-0.1, -0.05) is 6.08 Å². The number of hydrogen-bond donors (Lipinski definition) is 1. The van der Waals surface area contributed by atoms with Crippen molar-refractivity contribution in [3.63, 3.8) is 0 Å². The van der Waals surface area contributed by atoms with Crippen LogP contribution in [-0.4, -0.2) is 25.7 Å². The molecule has 1 rings (SSSR count). The quantitative estimate of drug-likeness (QED) is 0.526. The predicted molar refractivity (Wildman–Crippen MR) is 51.4 cm³/mol. The molecule has 13 heavy (non-hydrogen) atoms. The van der Waals surface area contributed by atoms with Crippen LogP contribution in [0.25, 0.3) is 0 Å². The molecule has 0 saturated carbocycles. The van der Waals surface area contributed by atoms with Gasteiger partial charge in [0.15, 0.2) is 0 Å². The molecule has 0 aromatic carbocycles. The molecule has 0 unspecified atom stereocenters. The van der Waals surface area contributed by atoms with E-state index >= 15 is 0 Å². The lowest BCUT2D eigenvalue weighted by Gasteiger charge is -2.19. The van der Waals surface area contributed by atoms with Crippen LogP contribution in [0.5, 0.6) is 0 Å². The number of esters is 1. The van der Waals surface area contributed by atoms with Crippen LogP contribution >= 0.6 is 0 Å². The summed E-state index contributed by atoms with van der Waals surface area (Å²) in [5.74, 6) is 0.270. The van der Waals surface area contributed by atoms with Crippen molar-refractivity contribution in [1.29, 1.82) is 0 Å². The van der Waals surface area contributed by atoms with Crippen molar-refractivity contribution >= 4 is 5.97 Å². The Hall–Kier alpha value is -0.830. The molecular weight excluding hydrogens is 166 g/mol. The molecule has 1 aliphatic rings. The lowest BCUT2D eigenvalue weighted by molar-refractivity contribution is -0.137. The van der Waals surface area contributed by atoms with Crippen molar-refractivity contribution in [2.75, 3.05) is 19.7 Å². The molecule has 0 spiro atoms. The Bertz CT molecular complexity index is 183. The van der Waals surface area contributed by atoms with E-state index in [1.807, 2.05) is 13.0 Å². The van der Waals surface area contributed by atoms with E-state index < -0.39 is 0 Å². The fourth-order valence-electron chi connectivity index (χ4n) is 1.45. The highest BCUT2D eigenvalue weighted by Crippen LogP contribution is 2.10. The maximum atomic E-state index is 11.0. The summed E-state index contributed by atoms with van der Waals surface area (Å²) in [7, 11) is 0. The fourth-order valence-corrected chi connectivity index (χ4v) is 1.45. The maximum absolute atomic E-state index is 11.0. The second-order valence-corrected chi connectivity index (χ2v) is 3.22. The molecule has 0 bridgehead atoms. The largest absolute Gasteiger partial charge is 0.463 e. The predicted octanol–water partition coefficient (Wildman–Crippen LogP) is 1.11. The third-order valence-electron chi connectivity index (χ3n) is 2.13. The third kappa shape index (κ3) is 4.08. The smallest absolute Gasteiger partial charge is 0.330 e. The van der Waals surface area contributed by atoms with Crippen molar-refractivity contribution in [1.82, 2.24) is 5.32 Å². The summed E-state index contributed by atoms with van der Waals surface area (Å²) in [6.45, 7) is 4.35. The second-order valence-electron chi connectivity index (χ2n) is 3.22. The zero-order chi connectivity index (χ0) is 9.52. The summed E-state index contributed by atoms with van der Waals surface area (Å²) in [6.07, 6.45) is 5.85. The molecule has 0 aliphatic carbocycles. The number of piperidine rings is 1. The molecule has 1 atom stereocenters. The van der Waals surface area contributed by atoms with E-state index in [1.165, 1.54) is 12.8 Å². The summed E-state index contributed by atoms with van der Waals surface area (Å²) in [6, 6.07) is 0. The van der Waals surface area contributed by atoms with Crippen molar-refractivity contribution < 1.29 is 9.53 Å². The summed E-state index contributed by atoms with van der Waals surface area (Å²) in [5, 5.41) is 3.29. The molecule has 1 heterocycles. The summed E-state index contributed by atoms with van der Waals surface area (Å²) < 4.78 is 4.79. The van der Waals surface area contributed by atoms with Gasteiger partial charge in [0, 0.05) is 12.6 Å². The van der Waals surface area contributed by atoms with E-state index in [4.69, 9.17) is 4.74 Å². The molecule has 74 valence electrons. The Morgan fingerprint density at radius 1 is 1.69 bits per heavy atom. The van der Waals surface area contributed by atoms with Crippen LogP contribution in [0.1, 0.15) is 19.8 Å². The van der Waals surface area contributed by atoms with Crippen LogP contribution in [0.2, 0.25) is 0 Å². The lowest BCUT2D eigenvalue weighted by atomic mass is 9.99. The van der Waals surface area contributed by atoms with E-state index in [1.54, 1.807) is 6.08 Å². The first-order valence-corrected chi connectivity index (χ1v) is 4.88. The van der Waals surface area contributed by atoms with Crippen molar-refractivity contribution in [3.8, 4) is 0 Å². The Morgan fingerprint density at radius 2 is 2.54 bits per heavy atom. The third-order valence-corrected chi connectivity index (χ3v) is 2.13. The second kappa shape index (κ2) is 5.75. The van der Waals surface area contributed by atoms with Gasteiger partial charge in [0.2, 0.25) is 0 Å². The van der Waals surface area contributed by atoms with Gasteiger partial charge in [-0.05, 0) is 32.2 Å². The van der Waals surface area contributed by atoms with E-state index in [9.17, 15) is 4.79 Å². The number of carbonyl (C=O) groups is 1. The first kappa shape index (κ1) is 10.3. The summed E-state index contributed by atoms with van der Waals surface area (Å²) in [4.78, 5) is 11.0. The van der Waals surface area contributed by atoms with Gasteiger partial charge in [-0.15, -0.1) is 0 Å². The van der Waals surface area contributed by atoms with Crippen LogP contribution in [0.4, 0.5) is 0 Å². The van der Waals surface area contributed by atoms with Gasteiger partial charge in [0.1, 0.15) is 0 Å². The molecule has 0 aromatic heterocycles. The summed E-state index contributed by atoms with van der Waals surface area (Å²) in [5.41, 5.74) is 0. The van der Waals surface area contributed by atoms with Gasteiger partial charge in [-0.25, -0.2) is 4.79 Å². The SMILES string of the molecule is CCOC(=O)/C=C/[C@@H]1CCCNC1. The van der Waals surface area contributed by atoms with Gasteiger partial charge in [-0.2, -0.15) is 0 Å². The zero-order valence-corrected chi connectivity index (χ0v) is 8.08. The van der Waals surface area contributed by atoms with Crippen LogP contribution in [0, 0.1) is 5.92 Å². The monoisotopic (exact) mass is 183 g/mol. The minimum Gasteiger partial charge on any atom is -0.463 e. The molecule has 1 N–H and O–H groups in total. The lowest BCUT2D eigenvalue weighted by Crippen LogP contribution is -2.28.